The van der Waals surface area contributed by atoms with Crippen LogP contribution < -0.4 is 9.47 Å². The SMILES string of the molecule is COc1ccc([C@@H]2SCCN2C(=O)c2ccc(C)c([N+](=O)[O-])c2)c(OC)c1. The second-order valence-corrected chi connectivity index (χ2v) is 7.28. The smallest absolute Gasteiger partial charge is 0.273 e. The second kappa shape index (κ2) is 7.87. The van der Waals surface area contributed by atoms with Crippen molar-refractivity contribution in [2.24, 2.45) is 0 Å². The molecule has 142 valence electrons. The van der Waals surface area contributed by atoms with Gasteiger partial charge in [-0.1, -0.05) is 6.07 Å². The topological polar surface area (TPSA) is 81.9 Å². The first-order chi connectivity index (χ1) is 13.0. The summed E-state index contributed by atoms with van der Waals surface area (Å²) in [4.78, 5) is 25.5. The van der Waals surface area contributed by atoms with E-state index in [1.54, 1.807) is 56.0 Å². The summed E-state index contributed by atoms with van der Waals surface area (Å²) < 4.78 is 10.7. The number of nitro benzene ring substituents is 1. The van der Waals surface area contributed by atoms with Gasteiger partial charge in [0.2, 0.25) is 0 Å². The summed E-state index contributed by atoms with van der Waals surface area (Å²) in [7, 11) is 3.16. The number of rotatable bonds is 5. The van der Waals surface area contributed by atoms with Crippen LogP contribution in [-0.2, 0) is 0 Å². The molecule has 1 saturated heterocycles. The van der Waals surface area contributed by atoms with E-state index in [4.69, 9.17) is 9.47 Å². The number of hydrogen-bond acceptors (Lipinski definition) is 6. The van der Waals surface area contributed by atoms with E-state index in [-0.39, 0.29) is 17.0 Å². The molecule has 0 bridgehead atoms. The van der Waals surface area contributed by atoms with Gasteiger partial charge in [-0.3, -0.25) is 14.9 Å². The molecule has 3 rings (SSSR count). The highest BCUT2D eigenvalue weighted by molar-refractivity contribution is 7.99. The third kappa shape index (κ3) is 3.71. The Labute approximate surface area is 161 Å². The van der Waals surface area contributed by atoms with Gasteiger partial charge in [0.25, 0.3) is 11.6 Å². The quantitative estimate of drug-likeness (QED) is 0.572. The lowest BCUT2D eigenvalue weighted by Crippen LogP contribution is -2.30. The Bertz CT molecular complexity index is 886. The number of carbonyl (C=O) groups excluding carboxylic acids is 1. The van der Waals surface area contributed by atoms with Crippen LogP contribution in [0.2, 0.25) is 0 Å². The van der Waals surface area contributed by atoms with Gasteiger partial charge in [0, 0.05) is 41.1 Å². The minimum Gasteiger partial charge on any atom is -0.497 e. The molecule has 1 aliphatic rings. The highest BCUT2D eigenvalue weighted by atomic mass is 32.2. The number of aryl methyl sites for hydroxylation is 1. The predicted octanol–water partition coefficient (Wildman–Crippen LogP) is 3.81. The summed E-state index contributed by atoms with van der Waals surface area (Å²) in [6.07, 6.45) is 0. The van der Waals surface area contributed by atoms with Crippen LogP contribution in [0, 0.1) is 17.0 Å². The zero-order valence-electron chi connectivity index (χ0n) is 15.3. The maximum Gasteiger partial charge on any atom is 0.273 e. The summed E-state index contributed by atoms with van der Waals surface area (Å²) in [6, 6.07) is 10.1. The molecule has 27 heavy (non-hydrogen) atoms. The number of nitro groups is 1. The van der Waals surface area contributed by atoms with Gasteiger partial charge in [-0.25, -0.2) is 0 Å². The lowest BCUT2D eigenvalue weighted by Gasteiger charge is -2.25. The van der Waals surface area contributed by atoms with Gasteiger partial charge in [0.1, 0.15) is 16.9 Å². The fraction of sp³-hybridized carbons (Fsp3) is 0.316. The van der Waals surface area contributed by atoms with Crippen LogP contribution in [0.4, 0.5) is 5.69 Å². The van der Waals surface area contributed by atoms with E-state index < -0.39 is 4.92 Å². The Morgan fingerprint density at radius 1 is 1.22 bits per heavy atom. The molecule has 1 heterocycles. The Kier molecular flexibility index (Phi) is 5.55. The number of ether oxygens (including phenoxy) is 2. The van der Waals surface area contributed by atoms with Crippen LogP contribution in [0.5, 0.6) is 11.5 Å². The molecular formula is C19H20N2O5S. The molecule has 1 amide bonds. The fourth-order valence-electron chi connectivity index (χ4n) is 3.06. The summed E-state index contributed by atoms with van der Waals surface area (Å²) in [5, 5.41) is 11.0. The summed E-state index contributed by atoms with van der Waals surface area (Å²) in [6.45, 7) is 2.22. The van der Waals surface area contributed by atoms with Crippen molar-refractivity contribution in [3.8, 4) is 11.5 Å². The molecule has 2 aromatic carbocycles. The molecule has 0 saturated carbocycles. The van der Waals surface area contributed by atoms with Crippen molar-refractivity contribution in [1.29, 1.82) is 0 Å². The van der Waals surface area contributed by atoms with Crippen LogP contribution in [-0.4, -0.2) is 42.2 Å². The molecule has 2 aromatic rings. The van der Waals surface area contributed by atoms with Crippen molar-refractivity contribution in [2.45, 2.75) is 12.3 Å². The van der Waals surface area contributed by atoms with E-state index in [9.17, 15) is 14.9 Å². The minimum atomic E-state index is -0.463. The van der Waals surface area contributed by atoms with Gasteiger partial charge in [-0.2, -0.15) is 0 Å². The van der Waals surface area contributed by atoms with E-state index in [1.807, 2.05) is 12.1 Å². The molecule has 8 heteroatoms. The molecule has 0 aliphatic carbocycles. The summed E-state index contributed by atoms with van der Waals surface area (Å²) in [5.74, 6) is 1.86. The van der Waals surface area contributed by atoms with Gasteiger partial charge in [-0.15, -0.1) is 11.8 Å². The van der Waals surface area contributed by atoms with Crippen LogP contribution in [0.1, 0.15) is 26.9 Å². The first-order valence-corrected chi connectivity index (χ1v) is 9.40. The fourth-order valence-corrected chi connectivity index (χ4v) is 4.34. The van der Waals surface area contributed by atoms with Crippen molar-refractivity contribution < 1.29 is 19.2 Å². The average Bonchev–Trinajstić information content (AvgIpc) is 3.16. The van der Waals surface area contributed by atoms with Crippen LogP contribution in [0.25, 0.3) is 0 Å². The third-order valence-electron chi connectivity index (χ3n) is 4.51. The van der Waals surface area contributed by atoms with Crippen molar-refractivity contribution in [2.75, 3.05) is 26.5 Å². The standard InChI is InChI=1S/C19H20N2O5S/c1-12-4-5-13(10-16(12)21(23)24)18(22)20-8-9-27-19(20)15-7-6-14(25-2)11-17(15)26-3/h4-7,10-11,19H,8-9H2,1-3H3/t19-/m0/s1. The monoisotopic (exact) mass is 388 g/mol. The van der Waals surface area contributed by atoms with Crippen molar-refractivity contribution >= 4 is 23.4 Å². The highest BCUT2D eigenvalue weighted by Gasteiger charge is 2.33. The number of benzene rings is 2. The minimum absolute atomic E-state index is 0.0497. The van der Waals surface area contributed by atoms with Crippen LogP contribution in [0.3, 0.4) is 0 Å². The summed E-state index contributed by atoms with van der Waals surface area (Å²) >= 11 is 1.63. The van der Waals surface area contributed by atoms with Crippen molar-refractivity contribution in [3.05, 3.63) is 63.2 Å². The Morgan fingerprint density at radius 3 is 2.67 bits per heavy atom. The Morgan fingerprint density at radius 2 is 2.00 bits per heavy atom. The van der Waals surface area contributed by atoms with Crippen molar-refractivity contribution in [3.63, 3.8) is 0 Å². The Hall–Kier alpha value is -2.74. The average molecular weight is 388 g/mol. The van der Waals surface area contributed by atoms with E-state index in [1.165, 1.54) is 6.07 Å². The molecule has 0 N–H and O–H groups in total. The first kappa shape index (κ1) is 19.0. The molecule has 1 fully saturated rings. The van der Waals surface area contributed by atoms with Gasteiger partial charge < -0.3 is 14.4 Å². The number of amides is 1. The molecule has 7 nitrogen and oxygen atoms in total. The van der Waals surface area contributed by atoms with Gasteiger partial charge in [-0.05, 0) is 25.1 Å². The largest absolute Gasteiger partial charge is 0.497 e. The molecule has 1 atom stereocenters. The number of hydrogen-bond donors (Lipinski definition) is 0. The molecule has 1 aliphatic heterocycles. The van der Waals surface area contributed by atoms with Crippen LogP contribution >= 0.6 is 11.8 Å². The maximum atomic E-state index is 13.1. The zero-order valence-corrected chi connectivity index (χ0v) is 16.1. The highest BCUT2D eigenvalue weighted by Crippen LogP contribution is 2.43. The van der Waals surface area contributed by atoms with Crippen LogP contribution in [0.15, 0.2) is 36.4 Å². The summed E-state index contributed by atoms with van der Waals surface area (Å²) in [5.41, 5.74) is 1.66. The number of methoxy groups -OCH3 is 2. The molecule has 0 spiro atoms. The second-order valence-electron chi connectivity index (χ2n) is 6.09. The van der Waals surface area contributed by atoms with E-state index in [0.29, 0.717) is 29.2 Å². The lowest BCUT2D eigenvalue weighted by atomic mass is 10.1. The lowest BCUT2D eigenvalue weighted by molar-refractivity contribution is -0.385. The first-order valence-electron chi connectivity index (χ1n) is 8.35. The number of nitrogens with zero attached hydrogens (tertiary/aromatic N) is 2. The van der Waals surface area contributed by atoms with Gasteiger partial charge in [0.05, 0.1) is 19.1 Å². The predicted molar refractivity (Wildman–Crippen MR) is 104 cm³/mol. The van der Waals surface area contributed by atoms with Gasteiger partial charge >= 0.3 is 0 Å². The number of thioether (sulfide) groups is 1. The normalized spacial score (nSPS) is 16.3. The van der Waals surface area contributed by atoms with Crippen molar-refractivity contribution in [1.82, 2.24) is 4.90 Å². The molecular weight excluding hydrogens is 368 g/mol. The zero-order chi connectivity index (χ0) is 19.6. The van der Waals surface area contributed by atoms with E-state index in [2.05, 4.69) is 0 Å². The third-order valence-corrected chi connectivity index (χ3v) is 5.75. The van der Waals surface area contributed by atoms with E-state index >= 15 is 0 Å². The number of carbonyl (C=O) groups is 1. The molecule has 0 aromatic heterocycles. The van der Waals surface area contributed by atoms with Gasteiger partial charge in [0.15, 0.2) is 0 Å². The molecule has 0 unspecified atom stereocenters. The Balaban J connectivity index is 1.94. The molecule has 0 radical (unpaired) electrons. The van der Waals surface area contributed by atoms with E-state index in [0.717, 1.165) is 11.3 Å². The maximum absolute atomic E-state index is 13.1.